The smallest absolute Gasteiger partial charge is 0.336 e. The van der Waals surface area contributed by atoms with E-state index >= 15 is 0 Å². The zero-order chi connectivity index (χ0) is 14.8. The Morgan fingerprint density at radius 2 is 1.95 bits per heavy atom. The lowest BCUT2D eigenvalue weighted by molar-refractivity contribution is 0.0699. The third-order valence-electron chi connectivity index (χ3n) is 4.75. The highest BCUT2D eigenvalue weighted by molar-refractivity contribution is 6.07. The SMILES string of the molecule is CC1CCCC1CNc1ccc(C(=O)O)c2ccccc12. The zero-order valence-electron chi connectivity index (χ0n) is 12.3. The summed E-state index contributed by atoms with van der Waals surface area (Å²) >= 11 is 0. The molecule has 0 bridgehead atoms. The number of fused-ring (bicyclic) bond motifs is 1. The molecular formula is C18H21NO2. The van der Waals surface area contributed by atoms with E-state index in [-0.39, 0.29) is 0 Å². The van der Waals surface area contributed by atoms with E-state index in [4.69, 9.17) is 0 Å². The third-order valence-corrected chi connectivity index (χ3v) is 4.75. The van der Waals surface area contributed by atoms with Gasteiger partial charge in [0.05, 0.1) is 5.56 Å². The molecule has 2 aromatic rings. The maximum absolute atomic E-state index is 11.3. The van der Waals surface area contributed by atoms with Gasteiger partial charge in [-0.2, -0.15) is 0 Å². The molecule has 3 rings (SSSR count). The Kier molecular flexibility index (Phi) is 3.82. The Labute approximate surface area is 125 Å². The van der Waals surface area contributed by atoms with Crippen LogP contribution in [0.4, 0.5) is 5.69 Å². The number of carbonyl (C=O) groups is 1. The Bertz CT molecular complexity index is 665. The summed E-state index contributed by atoms with van der Waals surface area (Å²) in [5.74, 6) is 0.632. The van der Waals surface area contributed by atoms with Crippen molar-refractivity contribution in [1.82, 2.24) is 0 Å². The summed E-state index contributed by atoms with van der Waals surface area (Å²) in [5.41, 5.74) is 1.40. The molecule has 0 heterocycles. The molecule has 2 unspecified atom stereocenters. The summed E-state index contributed by atoms with van der Waals surface area (Å²) in [7, 11) is 0. The van der Waals surface area contributed by atoms with Crippen LogP contribution in [0, 0.1) is 11.8 Å². The van der Waals surface area contributed by atoms with Gasteiger partial charge in [-0.15, -0.1) is 0 Å². The highest BCUT2D eigenvalue weighted by Gasteiger charge is 2.23. The second-order valence-electron chi connectivity index (χ2n) is 6.06. The molecule has 2 N–H and O–H groups in total. The van der Waals surface area contributed by atoms with Crippen LogP contribution >= 0.6 is 0 Å². The number of aromatic carboxylic acids is 1. The topological polar surface area (TPSA) is 49.3 Å². The fourth-order valence-corrected chi connectivity index (χ4v) is 3.41. The van der Waals surface area contributed by atoms with Crippen LogP contribution in [0.25, 0.3) is 10.8 Å². The monoisotopic (exact) mass is 283 g/mol. The summed E-state index contributed by atoms with van der Waals surface area (Å²) in [6.45, 7) is 3.29. The zero-order valence-corrected chi connectivity index (χ0v) is 12.3. The number of anilines is 1. The van der Waals surface area contributed by atoms with Crippen LogP contribution in [0.1, 0.15) is 36.5 Å². The average molecular weight is 283 g/mol. The molecule has 3 heteroatoms. The molecule has 1 aliphatic carbocycles. The van der Waals surface area contributed by atoms with Crippen LogP contribution in [-0.2, 0) is 0 Å². The van der Waals surface area contributed by atoms with Crippen molar-refractivity contribution >= 4 is 22.4 Å². The van der Waals surface area contributed by atoms with Crippen LogP contribution < -0.4 is 5.32 Å². The lowest BCUT2D eigenvalue weighted by Gasteiger charge is -2.18. The predicted octanol–water partition coefficient (Wildman–Crippen LogP) is 4.39. The van der Waals surface area contributed by atoms with Crippen LogP contribution in [0.15, 0.2) is 36.4 Å². The van der Waals surface area contributed by atoms with Gasteiger partial charge in [-0.3, -0.25) is 0 Å². The fourth-order valence-electron chi connectivity index (χ4n) is 3.41. The number of carboxylic acids is 1. The summed E-state index contributed by atoms with van der Waals surface area (Å²) in [6.07, 6.45) is 3.94. The van der Waals surface area contributed by atoms with Gasteiger partial charge in [0, 0.05) is 17.6 Å². The van der Waals surface area contributed by atoms with Crippen molar-refractivity contribution in [2.24, 2.45) is 11.8 Å². The lowest BCUT2D eigenvalue weighted by atomic mass is 9.97. The molecule has 0 amide bonds. The number of nitrogens with one attached hydrogen (secondary N) is 1. The van der Waals surface area contributed by atoms with E-state index in [1.54, 1.807) is 6.07 Å². The molecule has 2 aromatic carbocycles. The van der Waals surface area contributed by atoms with Crippen LogP contribution in [0.5, 0.6) is 0 Å². The second-order valence-corrected chi connectivity index (χ2v) is 6.06. The van der Waals surface area contributed by atoms with E-state index in [9.17, 15) is 9.90 Å². The lowest BCUT2D eigenvalue weighted by Crippen LogP contribution is -2.16. The maximum atomic E-state index is 11.3. The molecule has 1 aliphatic rings. The fraction of sp³-hybridized carbons (Fsp3) is 0.389. The van der Waals surface area contributed by atoms with E-state index < -0.39 is 5.97 Å². The van der Waals surface area contributed by atoms with Gasteiger partial charge in [0.2, 0.25) is 0 Å². The number of carboxylic acid groups (broad SMARTS) is 1. The van der Waals surface area contributed by atoms with Crippen LogP contribution in [-0.4, -0.2) is 17.6 Å². The Morgan fingerprint density at radius 1 is 1.19 bits per heavy atom. The quantitative estimate of drug-likeness (QED) is 0.875. The van der Waals surface area contributed by atoms with Gasteiger partial charge >= 0.3 is 5.97 Å². The van der Waals surface area contributed by atoms with E-state index in [0.29, 0.717) is 5.56 Å². The van der Waals surface area contributed by atoms with E-state index in [1.165, 1.54) is 19.3 Å². The van der Waals surface area contributed by atoms with Crippen LogP contribution in [0.2, 0.25) is 0 Å². The van der Waals surface area contributed by atoms with Crippen molar-refractivity contribution in [2.75, 3.05) is 11.9 Å². The largest absolute Gasteiger partial charge is 0.478 e. The van der Waals surface area contributed by atoms with Gasteiger partial charge in [0.15, 0.2) is 0 Å². The molecule has 0 radical (unpaired) electrons. The molecule has 1 saturated carbocycles. The highest BCUT2D eigenvalue weighted by atomic mass is 16.4. The van der Waals surface area contributed by atoms with Gasteiger partial charge in [0.25, 0.3) is 0 Å². The summed E-state index contributed by atoms with van der Waals surface area (Å²) in [6, 6.07) is 11.3. The van der Waals surface area contributed by atoms with Gasteiger partial charge in [-0.25, -0.2) is 4.79 Å². The van der Waals surface area contributed by atoms with Gasteiger partial charge in [-0.05, 0) is 35.8 Å². The van der Waals surface area contributed by atoms with Crippen molar-refractivity contribution in [3.63, 3.8) is 0 Å². The number of hydrogen-bond acceptors (Lipinski definition) is 2. The Morgan fingerprint density at radius 3 is 2.62 bits per heavy atom. The van der Waals surface area contributed by atoms with Crippen molar-refractivity contribution < 1.29 is 9.90 Å². The van der Waals surface area contributed by atoms with Crippen molar-refractivity contribution in [1.29, 1.82) is 0 Å². The molecular weight excluding hydrogens is 262 g/mol. The molecule has 3 nitrogen and oxygen atoms in total. The third kappa shape index (κ3) is 2.73. The van der Waals surface area contributed by atoms with Gasteiger partial charge < -0.3 is 10.4 Å². The minimum absolute atomic E-state index is 0.366. The maximum Gasteiger partial charge on any atom is 0.336 e. The highest BCUT2D eigenvalue weighted by Crippen LogP contribution is 2.32. The Balaban J connectivity index is 1.89. The van der Waals surface area contributed by atoms with Gasteiger partial charge in [0.1, 0.15) is 0 Å². The number of rotatable bonds is 4. The minimum atomic E-state index is -0.873. The summed E-state index contributed by atoms with van der Waals surface area (Å²) in [4.78, 5) is 11.3. The molecule has 0 spiro atoms. The first-order chi connectivity index (χ1) is 10.2. The number of hydrogen-bond donors (Lipinski definition) is 2. The second kappa shape index (κ2) is 5.76. The van der Waals surface area contributed by atoms with Gasteiger partial charge in [-0.1, -0.05) is 44.0 Å². The molecule has 1 fully saturated rings. The first-order valence-electron chi connectivity index (χ1n) is 7.65. The van der Waals surface area contributed by atoms with Crippen molar-refractivity contribution in [3.05, 3.63) is 42.0 Å². The summed E-state index contributed by atoms with van der Waals surface area (Å²) in [5, 5.41) is 14.6. The molecule has 0 saturated heterocycles. The summed E-state index contributed by atoms with van der Waals surface area (Å²) < 4.78 is 0. The normalized spacial score (nSPS) is 21.6. The average Bonchev–Trinajstić information content (AvgIpc) is 2.89. The van der Waals surface area contributed by atoms with E-state index in [2.05, 4.69) is 12.2 Å². The predicted molar refractivity (Wildman–Crippen MR) is 85.9 cm³/mol. The standard InChI is InChI=1S/C18H21NO2/c1-12-5-4-6-13(12)11-19-17-10-9-16(18(20)21)14-7-2-3-8-15(14)17/h2-3,7-10,12-13,19H,4-6,11H2,1H3,(H,20,21). The molecule has 21 heavy (non-hydrogen) atoms. The van der Waals surface area contributed by atoms with Crippen molar-refractivity contribution in [3.8, 4) is 0 Å². The van der Waals surface area contributed by atoms with Crippen molar-refractivity contribution in [2.45, 2.75) is 26.2 Å². The minimum Gasteiger partial charge on any atom is -0.478 e. The first-order valence-corrected chi connectivity index (χ1v) is 7.65. The van der Waals surface area contributed by atoms with Crippen LogP contribution in [0.3, 0.4) is 0 Å². The molecule has 2 atom stereocenters. The molecule has 0 aromatic heterocycles. The Hall–Kier alpha value is -2.03. The first kappa shape index (κ1) is 13.9. The molecule has 110 valence electrons. The van der Waals surface area contributed by atoms with E-state index in [1.807, 2.05) is 30.3 Å². The molecule has 0 aliphatic heterocycles. The number of benzene rings is 2. The van der Waals surface area contributed by atoms with E-state index in [0.717, 1.165) is 34.8 Å².